The summed E-state index contributed by atoms with van der Waals surface area (Å²) in [7, 11) is 0. The van der Waals surface area contributed by atoms with Crippen molar-refractivity contribution in [2.75, 3.05) is 0 Å². The second-order valence-corrected chi connectivity index (χ2v) is 4.54. The van der Waals surface area contributed by atoms with E-state index in [1.807, 2.05) is 60.7 Å². The molecule has 0 aliphatic heterocycles. The zero-order chi connectivity index (χ0) is 15.0. The van der Waals surface area contributed by atoms with Gasteiger partial charge < -0.3 is 0 Å². The first-order valence-corrected chi connectivity index (χ1v) is 6.90. The molecule has 1 aromatic carbocycles. The Hall–Kier alpha value is -0.233. The Morgan fingerprint density at radius 2 is 0.893 bits per heavy atom. The number of hydrogen-bond acceptors (Lipinski definition) is 4. The van der Waals surface area contributed by atoms with E-state index < -0.39 is 0 Å². The molecule has 3 aromatic rings. The van der Waals surface area contributed by atoms with Gasteiger partial charge in [-0.25, -0.2) is 0 Å². The van der Waals surface area contributed by atoms with Gasteiger partial charge in [-0.05, 0) is 48.5 Å². The molecule has 0 radical (unpaired) electrons. The molecule has 0 saturated carbocycles. The van der Waals surface area contributed by atoms with Crippen molar-refractivity contribution in [1.29, 1.82) is 0 Å². The number of nitrogens with zero attached hydrogens (tertiary/aromatic N) is 4. The van der Waals surface area contributed by atoms with Crippen LogP contribution in [0, 0.1) is 0 Å². The summed E-state index contributed by atoms with van der Waals surface area (Å²) in [5.74, 6) is 0. The van der Waals surface area contributed by atoms with Gasteiger partial charge in [0.2, 0.25) is 0 Å². The van der Waals surface area contributed by atoms with Gasteiger partial charge in [-0.3, -0.25) is 20.0 Å². The Kier molecular flexibility index (Phi) is 25.2. The standard InChI is InChI=1S/C18H14N4.4BrH.2Ni/c1-3-11-19-17(5-1)13-21-15-7-9-16(10-8-15)22-14-18-6-2-4-12-20-18;;;;;;/h1-14H;4*1H;;. The van der Waals surface area contributed by atoms with Gasteiger partial charge in [0, 0.05) is 45.4 Å². The molecule has 0 atom stereocenters. The molecule has 0 fully saturated rings. The fourth-order valence-electron chi connectivity index (χ4n) is 1.81. The van der Waals surface area contributed by atoms with Gasteiger partial charge in [-0.2, -0.15) is 0 Å². The van der Waals surface area contributed by atoms with Gasteiger partial charge in [0.15, 0.2) is 0 Å². The Labute approximate surface area is 227 Å². The van der Waals surface area contributed by atoms with Crippen LogP contribution in [0.5, 0.6) is 0 Å². The van der Waals surface area contributed by atoms with Crippen molar-refractivity contribution in [2.24, 2.45) is 9.98 Å². The quantitative estimate of drug-likeness (QED) is 0.235. The average molecular weight is 727 g/mol. The van der Waals surface area contributed by atoms with Crippen LogP contribution in [-0.2, 0) is 33.0 Å². The van der Waals surface area contributed by atoms with Crippen molar-refractivity contribution in [3.05, 3.63) is 84.4 Å². The first-order chi connectivity index (χ1) is 10.9. The molecule has 10 heteroatoms. The fourth-order valence-corrected chi connectivity index (χ4v) is 1.81. The van der Waals surface area contributed by atoms with E-state index in [2.05, 4.69) is 20.0 Å². The Balaban J connectivity index is -0.000000480. The molecule has 3 rings (SSSR count). The molecule has 0 aliphatic carbocycles. The van der Waals surface area contributed by atoms with E-state index in [4.69, 9.17) is 0 Å². The van der Waals surface area contributed by atoms with Crippen LogP contribution in [-0.4, -0.2) is 22.4 Å². The molecule has 2 aromatic heterocycles. The van der Waals surface area contributed by atoms with E-state index in [9.17, 15) is 0 Å². The fraction of sp³-hybridized carbons (Fsp3) is 0. The largest absolute Gasteiger partial charge is 0.255 e. The zero-order valence-electron chi connectivity index (χ0n) is 14.1. The minimum absolute atomic E-state index is 0. The predicted octanol–water partition coefficient (Wildman–Crippen LogP) is 6.28. The topological polar surface area (TPSA) is 50.5 Å². The van der Waals surface area contributed by atoms with Crippen LogP contribution in [0.1, 0.15) is 11.4 Å². The van der Waals surface area contributed by atoms with Gasteiger partial charge in [-0.15, -0.1) is 67.9 Å². The number of pyridine rings is 2. The van der Waals surface area contributed by atoms with Crippen LogP contribution in [0.15, 0.2) is 83.0 Å². The van der Waals surface area contributed by atoms with Gasteiger partial charge in [-0.1, -0.05) is 12.1 Å². The summed E-state index contributed by atoms with van der Waals surface area (Å²) in [5.41, 5.74) is 3.39. The third-order valence-electron chi connectivity index (χ3n) is 2.92. The average Bonchev–Trinajstić information content (AvgIpc) is 2.61. The first kappa shape index (κ1) is 35.2. The molecule has 4 nitrogen and oxygen atoms in total. The summed E-state index contributed by atoms with van der Waals surface area (Å²) in [6.07, 6.45) is 6.98. The van der Waals surface area contributed by atoms with E-state index in [-0.39, 0.29) is 101 Å². The summed E-state index contributed by atoms with van der Waals surface area (Å²) in [6.45, 7) is 0. The molecular weight excluding hydrogens is 709 g/mol. The van der Waals surface area contributed by atoms with E-state index in [1.165, 1.54) is 0 Å². The Morgan fingerprint density at radius 3 is 1.18 bits per heavy atom. The molecule has 0 unspecified atom stereocenters. The van der Waals surface area contributed by atoms with Crippen molar-refractivity contribution in [3.8, 4) is 0 Å². The molecule has 0 bridgehead atoms. The summed E-state index contributed by atoms with van der Waals surface area (Å²) in [5, 5.41) is 0. The van der Waals surface area contributed by atoms with Crippen LogP contribution in [0.2, 0.25) is 0 Å². The smallest absolute Gasteiger partial charge is 0.0812 e. The summed E-state index contributed by atoms with van der Waals surface area (Å²) in [6, 6.07) is 19.1. The Bertz CT molecular complexity index is 721. The molecule has 0 N–H and O–H groups in total. The third-order valence-corrected chi connectivity index (χ3v) is 2.92. The van der Waals surface area contributed by atoms with Crippen LogP contribution < -0.4 is 0 Å². The van der Waals surface area contributed by atoms with Gasteiger partial charge in [0.1, 0.15) is 0 Å². The minimum Gasteiger partial charge on any atom is -0.255 e. The van der Waals surface area contributed by atoms with Crippen LogP contribution in [0.25, 0.3) is 0 Å². The van der Waals surface area contributed by atoms with Gasteiger partial charge in [0.05, 0.1) is 35.2 Å². The molecule has 158 valence electrons. The summed E-state index contributed by atoms with van der Waals surface area (Å²) in [4.78, 5) is 17.2. The number of aliphatic imine (C=N–C) groups is 2. The van der Waals surface area contributed by atoms with E-state index in [0.717, 1.165) is 22.8 Å². The van der Waals surface area contributed by atoms with E-state index in [0.29, 0.717) is 0 Å². The van der Waals surface area contributed by atoms with Crippen molar-refractivity contribution < 1.29 is 33.0 Å². The van der Waals surface area contributed by atoms with Crippen molar-refractivity contribution in [3.63, 3.8) is 0 Å². The number of benzene rings is 1. The molecule has 28 heavy (non-hydrogen) atoms. The van der Waals surface area contributed by atoms with Crippen molar-refractivity contribution in [1.82, 2.24) is 9.97 Å². The van der Waals surface area contributed by atoms with Crippen LogP contribution >= 0.6 is 67.9 Å². The van der Waals surface area contributed by atoms with E-state index >= 15 is 0 Å². The minimum atomic E-state index is 0. The van der Waals surface area contributed by atoms with Crippen molar-refractivity contribution >= 4 is 91.7 Å². The van der Waals surface area contributed by atoms with Crippen molar-refractivity contribution in [2.45, 2.75) is 0 Å². The Morgan fingerprint density at radius 1 is 0.536 bits per heavy atom. The third kappa shape index (κ3) is 12.4. The maximum atomic E-state index is 4.38. The first-order valence-electron chi connectivity index (χ1n) is 6.90. The predicted molar refractivity (Wildman–Crippen MR) is 131 cm³/mol. The molecule has 0 aliphatic rings. The summed E-state index contributed by atoms with van der Waals surface area (Å²) < 4.78 is 0. The maximum absolute atomic E-state index is 4.38. The second-order valence-electron chi connectivity index (χ2n) is 4.54. The number of aromatic nitrogens is 2. The molecule has 0 saturated heterocycles. The number of rotatable bonds is 4. The van der Waals surface area contributed by atoms with E-state index in [1.54, 1.807) is 24.8 Å². The maximum Gasteiger partial charge on any atom is 0.0812 e. The van der Waals surface area contributed by atoms with Crippen LogP contribution in [0.4, 0.5) is 11.4 Å². The van der Waals surface area contributed by atoms with Gasteiger partial charge >= 0.3 is 0 Å². The van der Waals surface area contributed by atoms with Crippen LogP contribution in [0.3, 0.4) is 0 Å². The van der Waals surface area contributed by atoms with Gasteiger partial charge in [0.25, 0.3) is 0 Å². The number of halogens is 4. The molecule has 2 heterocycles. The molecular formula is C18H18Br4N4Ni2. The number of hydrogen-bond donors (Lipinski definition) is 0. The zero-order valence-corrected chi connectivity index (χ0v) is 23.0. The monoisotopic (exact) mass is 722 g/mol. The SMILES string of the molecule is Br.Br.Br.Br.C(=Nc1ccc(N=Cc2ccccn2)cc1)c1ccccn1.[Ni].[Ni]. The summed E-state index contributed by atoms with van der Waals surface area (Å²) >= 11 is 0. The normalized spacial score (nSPS) is 8.86. The second kappa shape index (κ2) is 20.1. The molecule has 0 amide bonds. The molecule has 0 spiro atoms.